The molecule has 0 bridgehead atoms. The first-order valence-corrected chi connectivity index (χ1v) is 57.7. The van der Waals surface area contributed by atoms with E-state index < -0.39 is 0 Å². The molecule has 0 spiro atoms. The van der Waals surface area contributed by atoms with Crippen molar-refractivity contribution in [2.24, 2.45) is 0 Å². The van der Waals surface area contributed by atoms with E-state index in [-0.39, 0.29) is 82.7 Å². The fourth-order valence-electron chi connectivity index (χ4n) is 15.1. The maximum atomic E-state index is 13.0. The third kappa shape index (κ3) is 97.4. The summed E-state index contributed by atoms with van der Waals surface area (Å²) in [4.78, 5) is 123. The summed E-state index contributed by atoms with van der Waals surface area (Å²) in [6.07, 6.45) is 77.5. The van der Waals surface area contributed by atoms with Crippen LogP contribution in [0.4, 0.5) is 14.4 Å². The van der Waals surface area contributed by atoms with Gasteiger partial charge in [0.25, 0.3) is 15.7 Å². The monoisotopic (exact) mass is 1930 g/mol. The number of thioether (sulfide) groups is 3. The van der Waals surface area contributed by atoms with Gasteiger partial charge in [0.15, 0.2) is 0 Å². The molecule has 0 atom stereocenters. The fraction of sp³-hybridized carbons (Fsp3) is 0.864. The summed E-state index contributed by atoms with van der Waals surface area (Å²) in [6.45, 7) is 27.7. The van der Waals surface area contributed by atoms with E-state index >= 15 is 0 Å². The first-order valence-electron chi connectivity index (χ1n) is 54.7. The number of carbonyl (C=O) groups is 9. The Balaban J connectivity index is -0.00000191. The zero-order valence-electron chi connectivity index (χ0n) is 88.4. The number of ether oxygens (including phenoxy) is 6. The lowest BCUT2D eigenvalue weighted by molar-refractivity contribution is -0.151. The Morgan fingerprint density at radius 2 is 0.429 bits per heavy atom. The van der Waals surface area contributed by atoms with Crippen molar-refractivity contribution >= 4 is 86.8 Å². The second kappa shape index (κ2) is 105. The van der Waals surface area contributed by atoms with Gasteiger partial charge >= 0.3 is 35.8 Å². The van der Waals surface area contributed by atoms with Crippen LogP contribution >= 0.6 is 35.3 Å². The quantitative estimate of drug-likeness (QED) is 0.0239. The zero-order chi connectivity index (χ0) is 98.6. The van der Waals surface area contributed by atoms with Crippen LogP contribution in [0.25, 0.3) is 0 Å². The summed E-state index contributed by atoms with van der Waals surface area (Å²) in [5, 5.41) is 0.0868. The minimum atomic E-state index is -0.240. The Kier molecular flexibility index (Phi) is 104. The summed E-state index contributed by atoms with van der Waals surface area (Å²) in [6, 6.07) is 0. The molecule has 0 aromatic heterocycles. The predicted octanol–water partition coefficient (Wildman–Crippen LogP) is 30.7. The summed E-state index contributed by atoms with van der Waals surface area (Å²) < 4.78 is 33.8. The highest BCUT2D eigenvalue weighted by Crippen LogP contribution is 2.24. The normalized spacial score (nSPS) is 11.5. The van der Waals surface area contributed by atoms with Gasteiger partial charge in [-0.1, -0.05) is 346 Å². The standard InChI is InChI=1S/C39H74N2O5S.C36H67NO5S.C35H66N2O5S/c1-6-9-12-15-18-21-24-34-45-37(42)29-25-31-41(39(44)47-35-33-40(4)5)32-26-30-38(43)46-36(27-22-19-16-13-10-7-2)28-23-20-17-14-11-8-3;1-5-9-12-15-16-17-23-31-41-34(38)27-21-18-22-29-37(36(40)43-32-8-4)30-24-28-35(39)42-33(25-19-13-10-6-2)26-20-14-11-7-3;1-6-9-12-15-16-17-20-30-41-33(38)25-21-27-37(35(40)43-31-29-36(4)5)28-22-26-34(39)42-32(23-18-13-10-7-2)24-19-14-11-8-3/h21,24,36H,6-20,22-23,25-35H2,1-5H3;17,23,33H,5-16,18-22,24-32H2,1-4H3;17,20,32H,6-16,18-19,21-31H2,1-5H3/b24-21-;23-17-;20-17-. The number of unbranched alkanes of at least 4 members (excludes halogenated alkanes) is 36. The van der Waals surface area contributed by atoms with Crippen molar-refractivity contribution in [3.8, 4) is 0 Å². The van der Waals surface area contributed by atoms with Gasteiger partial charge in [-0.3, -0.25) is 43.2 Å². The van der Waals surface area contributed by atoms with Crippen LogP contribution in [0.3, 0.4) is 0 Å². The Bertz CT molecular complexity index is 2720. The van der Waals surface area contributed by atoms with Crippen LogP contribution in [0.15, 0.2) is 36.5 Å². The van der Waals surface area contributed by atoms with Crippen molar-refractivity contribution in [3.05, 3.63) is 36.5 Å². The van der Waals surface area contributed by atoms with E-state index in [2.05, 4.69) is 97.3 Å². The van der Waals surface area contributed by atoms with Crippen molar-refractivity contribution in [2.45, 2.75) is 498 Å². The average molecular weight is 1940 g/mol. The highest BCUT2D eigenvalue weighted by molar-refractivity contribution is 8.14. The average Bonchev–Trinajstić information content (AvgIpc) is 0.937. The second-order valence-electron chi connectivity index (χ2n) is 37.1. The van der Waals surface area contributed by atoms with E-state index in [1.54, 1.807) is 9.80 Å². The van der Waals surface area contributed by atoms with Crippen LogP contribution < -0.4 is 0 Å². The van der Waals surface area contributed by atoms with Crippen molar-refractivity contribution in [1.29, 1.82) is 0 Å². The number of rotatable bonds is 92. The minimum absolute atomic E-state index is 0.000633. The lowest BCUT2D eigenvalue weighted by atomic mass is 10.0. The van der Waals surface area contributed by atoms with Gasteiger partial charge < -0.3 is 52.9 Å². The Morgan fingerprint density at radius 1 is 0.218 bits per heavy atom. The van der Waals surface area contributed by atoms with Crippen molar-refractivity contribution < 1.29 is 71.6 Å². The number of allylic oxidation sites excluding steroid dienone is 3. The Morgan fingerprint density at radius 3 is 0.684 bits per heavy atom. The zero-order valence-corrected chi connectivity index (χ0v) is 90.9. The maximum Gasteiger partial charge on any atom is 0.306 e. The van der Waals surface area contributed by atoms with Gasteiger partial charge in [-0.2, -0.15) is 0 Å². The molecule has 0 aliphatic heterocycles. The van der Waals surface area contributed by atoms with Gasteiger partial charge in [0.05, 0.1) is 0 Å². The summed E-state index contributed by atoms with van der Waals surface area (Å²) in [7, 11) is 7.97. The van der Waals surface area contributed by atoms with Crippen LogP contribution in [-0.4, -0.2) is 212 Å². The van der Waals surface area contributed by atoms with Crippen molar-refractivity contribution in [2.75, 3.05) is 118 Å². The lowest BCUT2D eigenvalue weighted by Gasteiger charge is -2.23. The molecule has 0 aliphatic carbocycles. The van der Waals surface area contributed by atoms with Gasteiger partial charge in [-0.05, 0) is 195 Å². The van der Waals surface area contributed by atoms with Crippen molar-refractivity contribution in [1.82, 2.24) is 24.5 Å². The molecule has 0 saturated carbocycles. The molecule has 0 aliphatic rings. The van der Waals surface area contributed by atoms with Gasteiger partial charge in [-0.15, -0.1) is 0 Å². The number of amides is 3. The van der Waals surface area contributed by atoms with E-state index in [1.807, 2.05) is 51.3 Å². The number of nitrogens with zero attached hydrogens (tertiary/aromatic N) is 5. The van der Waals surface area contributed by atoms with Gasteiger partial charge in [-0.25, -0.2) is 0 Å². The molecule has 0 N–H and O–H groups in total. The summed E-state index contributed by atoms with van der Waals surface area (Å²) in [5.74, 6) is 1.13. The number of esters is 6. The molecule has 0 radical (unpaired) electrons. The molecule has 0 heterocycles. The predicted molar refractivity (Wildman–Crippen MR) is 568 cm³/mol. The van der Waals surface area contributed by atoms with Gasteiger partial charge in [0.1, 0.15) is 38.1 Å². The Labute approximate surface area is 830 Å². The molecule has 20 nitrogen and oxygen atoms in total. The largest absolute Gasteiger partial charge is 0.462 e. The molecule has 0 unspecified atom stereocenters. The number of hydrogen-bond acceptors (Lipinski definition) is 20. The first-order chi connectivity index (χ1) is 64.6. The SMILES string of the molecule is CCCCCC/C=C\COC(=O)CCCCCN(CCCC(=O)OC(CCCCCC)CCCCCC)C(=O)SCCC.CCCCCC/C=C\COC(=O)CCCN(CCCC(=O)OC(CCCCCC)CCCCCC)C(=O)SCCN(C)C.CCCCCC/C=C\COC(=O)CCCN(CCCC(=O)OC(CCCCCCCC)CCCCCCCC)C(=O)SCCN(C)C. The topological polar surface area (TPSA) is 225 Å². The van der Waals surface area contributed by atoms with Gasteiger partial charge in [0, 0.05) is 108 Å². The molecule has 0 rings (SSSR count). The fourth-order valence-corrected chi connectivity index (χ4v) is 17.8. The van der Waals surface area contributed by atoms with E-state index in [0.29, 0.717) is 128 Å². The molecular formula is C110H207N5O15S3. The molecule has 0 saturated heterocycles. The molecule has 0 aromatic rings. The van der Waals surface area contributed by atoms with Crippen LogP contribution in [0.2, 0.25) is 0 Å². The van der Waals surface area contributed by atoms with Crippen LogP contribution in [0.5, 0.6) is 0 Å². The van der Waals surface area contributed by atoms with Crippen LogP contribution in [0, 0.1) is 0 Å². The summed E-state index contributed by atoms with van der Waals surface area (Å²) >= 11 is 3.96. The Hall–Kier alpha value is -4.58. The first kappa shape index (κ1) is 133. The van der Waals surface area contributed by atoms with Crippen LogP contribution in [-0.2, 0) is 57.2 Å². The molecule has 780 valence electrons. The molecule has 0 fully saturated rings. The maximum absolute atomic E-state index is 13.0. The second-order valence-corrected chi connectivity index (χ2v) is 40.2. The smallest absolute Gasteiger partial charge is 0.306 e. The van der Waals surface area contributed by atoms with Crippen molar-refractivity contribution in [3.63, 3.8) is 0 Å². The molecule has 23 heteroatoms. The third-order valence-electron chi connectivity index (χ3n) is 23.5. The molecule has 0 aromatic carbocycles. The lowest BCUT2D eigenvalue weighted by Crippen LogP contribution is -2.31. The summed E-state index contributed by atoms with van der Waals surface area (Å²) in [5.41, 5.74) is 0. The van der Waals surface area contributed by atoms with E-state index in [1.165, 1.54) is 254 Å². The van der Waals surface area contributed by atoms with E-state index in [0.717, 1.165) is 141 Å². The minimum Gasteiger partial charge on any atom is -0.462 e. The number of hydrogen-bond donors (Lipinski definition) is 0. The van der Waals surface area contributed by atoms with E-state index in [4.69, 9.17) is 28.4 Å². The van der Waals surface area contributed by atoms with E-state index in [9.17, 15) is 43.2 Å². The molecule has 3 amide bonds. The van der Waals surface area contributed by atoms with Crippen LogP contribution in [0.1, 0.15) is 480 Å². The molecular weight excluding hydrogens is 1730 g/mol. The highest BCUT2D eigenvalue weighted by atomic mass is 32.2. The third-order valence-corrected chi connectivity index (χ3v) is 26.4. The van der Waals surface area contributed by atoms with Gasteiger partial charge in [0.2, 0.25) is 0 Å². The number of carbonyl (C=O) groups excluding carboxylic acids is 9. The highest BCUT2D eigenvalue weighted by Gasteiger charge is 2.23. The molecule has 133 heavy (non-hydrogen) atoms.